The van der Waals surface area contributed by atoms with E-state index in [-0.39, 0.29) is 23.9 Å². The molecule has 1 aromatic heterocycles. The third-order valence-electron chi connectivity index (χ3n) is 4.83. The first-order chi connectivity index (χ1) is 14.5. The molecule has 1 aliphatic carbocycles. The third kappa shape index (κ3) is 5.03. The number of anilines is 1. The highest BCUT2D eigenvalue weighted by atomic mass is 35.5. The molecule has 1 amide bonds. The number of hydrogen-bond donors (Lipinski definition) is 1. The SMILES string of the molecule is O=C(Cn1nc(COc2ccc3c(c2)CCCC3)oc1=S)Nc1cc(Cl)ccc1Cl. The largest absolute Gasteiger partial charge is 0.484 e. The van der Waals surface area contributed by atoms with Crippen LogP contribution in [0.5, 0.6) is 5.75 Å². The third-order valence-corrected chi connectivity index (χ3v) is 5.69. The molecule has 4 rings (SSSR count). The van der Waals surface area contributed by atoms with E-state index in [4.69, 9.17) is 44.6 Å². The van der Waals surface area contributed by atoms with Gasteiger partial charge in [-0.2, -0.15) is 0 Å². The van der Waals surface area contributed by atoms with Crippen LogP contribution in [0.1, 0.15) is 29.9 Å². The number of carbonyl (C=O) groups excluding carboxylic acids is 1. The smallest absolute Gasteiger partial charge is 0.287 e. The summed E-state index contributed by atoms with van der Waals surface area (Å²) in [6.45, 7) is 0.00118. The average molecular weight is 464 g/mol. The molecule has 3 aromatic rings. The van der Waals surface area contributed by atoms with Crippen molar-refractivity contribution in [3.63, 3.8) is 0 Å². The van der Waals surface area contributed by atoms with Crippen LogP contribution in [-0.2, 0) is 30.8 Å². The van der Waals surface area contributed by atoms with Gasteiger partial charge in [-0.25, -0.2) is 4.68 Å². The highest BCUT2D eigenvalue weighted by Crippen LogP contribution is 2.26. The quantitative estimate of drug-likeness (QED) is 0.481. The minimum Gasteiger partial charge on any atom is -0.484 e. The number of amides is 1. The second kappa shape index (κ2) is 9.20. The molecule has 9 heteroatoms. The summed E-state index contributed by atoms with van der Waals surface area (Å²) in [5, 5.41) is 7.77. The monoisotopic (exact) mass is 463 g/mol. The molecule has 0 atom stereocenters. The molecule has 0 fully saturated rings. The lowest BCUT2D eigenvalue weighted by Crippen LogP contribution is -2.20. The topological polar surface area (TPSA) is 69.3 Å². The molecule has 1 heterocycles. The number of carbonyl (C=O) groups is 1. The number of aryl methyl sites for hydroxylation is 2. The molecule has 2 aromatic carbocycles. The minimum atomic E-state index is -0.356. The lowest BCUT2D eigenvalue weighted by molar-refractivity contribution is -0.117. The lowest BCUT2D eigenvalue weighted by atomic mass is 9.92. The number of fused-ring (bicyclic) bond motifs is 1. The Morgan fingerprint density at radius 2 is 1.97 bits per heavy atom. The second-order valence-electron chi connectivity index (χ2n) is 7.02. The number of aromatic nitrogens is 2. The Labute approximate surface area is 188 Å². The van der Waals surface area contributed by atoms with Crippen LogP contribution in [0.25, 0.3) is 0 Å². The Morgan fingerprint density at radius 1 is 1.17 bits per heavy atom. The number of nitrogens with zero attached hydrogens (tertiary/aromatic N) is 2. The lowest BCUT2D eigenvalue weighted by Gasteiger charge is -2.16. The van der Waals surface area contributed by atoms with Crippen molar-refractivity contribution in [3.05, 3.63) is 68.3 Å². The summed E-state index contributed by atoms with van der Waals surface area (Å²) in [7, 11) is 0. The molecule has 0 saturated heterocycles. The Kier molecular flexibility index (Phi) is 6.41. The predicted octanol–water partition coefficient (Wildman–Crippen LogP) is 5.61. The van der Waals surface area contributed by atoms with Gasteiger partial charge in [0.15, 0.2) is 6.61 Å². The van der Waals surface area contributed by atoms with Crippen LogP contribution >= 0.6 is 35.4 Å². The van der Waals surface area contributed by atoms with Gasteiger partial charge >= 0.3 is 0 Å². The van der Waals surface area contributed by atoms with Gasteiger partial charge in [0.1, 0.15) is 12.3 Å². The normalized spacial score (nSPS) is 13.0. The Balaban J connectivity index is 1.38. The zero-order chi connectivity index (χ0) is 21.1. The number of rotatable bonds is 6. The average Bonchev–Trinajstić information content (AvgIpc) is 3.08. The maximum atomic E-state index is 12.3. The van der Waals surface area contributed by atoms with Crippen molar-refractivity contribution in [2.75, 3.05) is 5.32 Å². The van der Waals surface area contributed by atoms with Crippen molar-refractivity contribution >= 4 is 47.0 Å². The molecule has 0 radical (unpaired) electrons. The zero-order valence-electron chi connectivity index (χ0n) is 16.0. The summed E-state index contributed by atoms with van der Waals surface area (Å²) in [6, 6.07) is 11.0. The van der Waals surface area contributed by atoms with Crippen LogP contribution in [0.3, 0.4) is 0 Å². The van der Waals surface area contributed by atoms with Crippen LogP contribution in [0.15, 0.2) is 40.8 Å². The van der Waals surface area contributed by atoms with E-state index in [0.29, 0.717) is 21.6 Å². The van der Waals surface area contributed by atoms with E-state index < -0.39 is 0 Å². The van der Waals surface area contributed by atoms with Crippen molar-refractivity contribution in [1.82, 2.24) is 9.78 Å². The molecular weight excluding hydrogens is 445 g/mol. The van der Waals surface area contributed by atoms with Crippen LogP contribution < -0.4 is 10.1 Å². The maximum Gasteiger partial charge on any atom is 0.287 e. The molecule has 30 heavy (non-hydrogen) atoms. The first-order valence-corrected chi connectivity index (χ1v) is 10.7. The van der Waals surface area contributed by atoms with Crippen LogP contribution in [0, 0.1) is 4.84 Å². The van der Waals surface area contributed by atoms with E-state index in [1.807, 2.05) is 6.07 Å². The van der Waals surface area contributed by atoms with E-state index in [0.717, 1.165) is 18.6 Å². The molecule has 6 nitrogen and oxygen atoms in total. The Bertz CT molecular complexity index is 1140. The van der Waals surface area contributed by atoms with Gasteiger partial charge in [0.25, 0.3) is 10.7 Å². The van der Waals surface area contributed by atoms with Crippen molar-refractivity contribution in [3.8, 4) is 5.75 Å². The van der Waals surface area contributed by atoms with Crippen molar-refractivity contribution in [2.45, 2.75) is 38.8 Å². The molecule has 0 unspecified atom stereocenters. The van der Waals surface area contributed by atoms with E-state index >= 15 is 0 Å². The number of nitrogens with one attached hydrogen (secondary N) is 1. The number of hydrogen-bond acceptors (Lipinski definition) is 5. The van der Waals surface area contributed by atoms with Crippen LogP contribution in [0.4, 0.5) is 5.69 Å². The first kappa shape index (κ1) is 20.9. The minimum absolute atomic E-state index is 0.0892. The van der Waals surface area contributed by atoms with Gasteiger partial charge in [-0.05, 0) is 79.4 Å². The highest BCUT2D eigenvalue weighted by Gasteiger charge is 2.13. The molecule has 0 saturated carbocycles. The Hall–Kier alpha value is -2.35. The maximum absolute atomic E-state index is 12.3. The fourth-order valence-corrected chi connectivity index (χ4v) is 3.91. The summed E-state index contributed by atoms with van der Waals surface area (Å²) in [5.41, 5.74) is 3.14. The fourth-order valence-electron chi connectivity index (χ4n) is 3.37. The van der Waals surface area contributed by atoms with Gasteiger partial charge in [0.2, 0.25) is 5.91 Å². The van der Waals surface area contributed by atoms with E-state index in [1.54, 1.807) is 18.2 Å². The second-order valence-corrected chi connectivity index (χ2v) is 8.21. The number of ether oxygens (including phenoxy) is 1. The van der Waals surface area contributed by atoms with Gasteiger partial charge < -0.3 is 14.5 Å². The number of benzene rings is 2. The molecule has 156 valence electrons. The van der Waals surface area contributed by atoms with Crippen molar-refractivity contribution < 1.29 is 13.9 Å². The van der Waals surface area contributed by atoms with Gasteiger partial charge in [0.05, 0.1) is 10.7 Å². The zero-order valence-corrected chi connectivity index (χ0v) is 18.3. The summed E-state index contributed by atoms with van der Waals surface area (Å²) in [4.78, 5) is 12.4. The van der Waals surface area contributed by atoms with E-state index in [1.165, 1.54) is 28.7 Å². The highest BCUT2D eigenvalue weighted by molar-refractivity contribution is 7.71. The van der Waals surface area contributed by atoms with E-state index in [2.05, 4.69) is 22.5 Å². The van der Waals surface area contributed by atoms with Gasteiger partial charge in [-0.3, -0.25) is 4.79 Å². The summed E-state index contributed by atoms with van der Waals surface area (Å²) < 4.78 is 12.6. The summed E-state index contributed by atoms with van der Waals surface area (Å²) in [6.07, 6.45) is 4.64. The standard InChI is InChI=1S/C21H19Cl2N3O3S/c22-15-6-8-17(23)18(10-15)24-19(27)11-26-21(30)29-20(25-26)12-28-16-7-5-13-3-1-2-4-14(13)9-16/h5-10H,1-4,11-12H2,(H,24,27). The van der Waals surface area contributed by atoms with Gasteiger partial charge in [-0.1, -0.05) is 29.3 Å². The molecule has 1 aliphatic rings. The first-order valence-electron chi connectivity index (χ1n) is 9.54. The predicted molar refractivity (Wildman–Crippen MR) is 118 cm³/mol. The van der Waals surface area contributed by atoms with Gasteiger partial charge in [-0.15, -0.1) is 5.10 Å². The van der Waals surface area contributed by atoms with Gasteiger partial charge in [0, 0.05) is 5.02 Å². The fraction of sp³-hybridized carbons (Fsp3) is 0.286. The molecule has 0 spiro atoms. The van der Waals surface area contributed by atoms with Crippen molar-refractivity contribution in [2.24, 2.45) is 0 Å². The molecule has 1 N–H and O–H groups in total. The summed E-state index contributed by atoms with van der Waals surface area (Å²) >= 11 is 17.2. The van der Waals surface area contributed by atoms with Crippen molar-refractivity contribution in [1.29, 1.82) is 0 Å². The van der Waals surface area contributed by atoms with Crippen LogP contribution in [-0.4, -0.2) is 15.7 Å². The molecular formula is C21H19Cl2N3O3S. The molecule has 0 bridgehead atoms. The number of halogens is 2. The summed E-state index contributed by atoms with van der Waals surface area (Å²) in [5.74, 6) is 0.705. The Morgan fingerprint density at radius 3 is 2.80 bits per heavy atom. The van der Waals surface area contributed by atoms with Crippen LogP contribution in [0.2, 0.25) is 10.0 Å². The molecule has 0 aliphatic heterocycles. The van der Waals surface area contributed by atoms with E-state index in [9.17, 15) is 4.79 Å².